The van der Waals surface area contributed by atoms with Crippen molar-refractivity contribution in [2.45, 2.75) is 18.8 Å². The largest absolute Gasteiger partial charge is 0.481 e. The molecule has 1 aromatic rings. The second-order valence-corrected chi connectivity index (χ2v) is 4.69. The number of halogens is 1. The molecule has 4 heteroatoms. The lowest BCUT2D eigenvalue weighted by molar-refractivity contribution is -0.139. The average Bonchev–Trinajstić information content (AvgIpc) is 2.92. The quantitative estimate of drug-likeness (QED) is 0.872. The SMILES string of the molecule is O=C(O)C(c1ncccc1I)C1CC1. The van der Waals surface area contributed by atoms with Crippen LogP contribution in [0.15, 0.2) is 18.3 Å². The summed E-state index contributed by atoms with van der Waals surface area (Å²) in [6.45, 7) is 0. The van der Waals surface area contributed by atoms with Gasteiger partial charge in [-0.3, -0.25) is 9.78 Å². The number of pyridine rings is 1. The number of aliphatic carboxylic acids is 1. The second kappa shape index (κ2) is 3.84. The number of aromatic nitrogens is 1. The van der Waals surface area contributed by atoms with Crippen LogP contribution in [0.5, 0.6) is 0 Å². The molecule has 74 valence electrons. The molecular formula is C10H10INO2. The zero-order chi connectivity index (χ0) is 10.1. The minimum absolute atomic E-state index is 0.302. The van der Waals surface area contributed by atoms with Crippen molar-refractivity contribution in [3.05, 3.63) is 27.6 Å². The van der Waals surface area contributed by atoms with Gasteiger partial charge in [0, 0.05) is 9.77 Å². The van der Waals surface area contributed by atoms with E-state index >= 15 is 0 Å². The van der Waals surface area contributed by atoms with E-state index in [0.29, 0.717) is 5.92 Å². The average molecular weight is 303 g/mol. The molecule has 0 radical (unpaired) electrons. The van der Waals surface area contributed by atoms with Crippen molar-refractivity contribution < 1.29 is 9.90 Å². The molecule has 1 aliphatic carbocycles. The minimum atomic E-state index is -0.746. The molecule has 2 rings (SSSR count). The van der Waals surface area contributed by atoms with E-state index in [0.717, 1.165) is 22.1 Å². The maximum atomic E-state index is 11.1. The molecule has 3 nitrogen and oxygen atoms in total. The van der Waals surface area contributed by atoms with Crippen molar-refractivity contribution in [2.24, 2.45) is 5.92 Å². The van der Waals surface area contributed by atoms with Gasteiger partial charge in [0.15, 0.2) is 0 Å². The first-order valence-electron chi connectivity index (χ1n) is 4.53. The van der Waals surface area contributed by atoms with Crippen LogP contribution in [0.1, 0.15) is 24.5 Å². The van der Waals surface area contributed by atoms with Crippen LogP contribution < -0.4 is 0 Å². The van der Waals surface area contributed by atoms with Crippen LogP contribution in [0.2, 0.25) is 0 Å². The molecule has 1 aliphatic rings. The van der Waals surface area contributed by atoms with Crippen molar-refractivity contribution in [1.82, 2.24) is 4.98 Å². The van der Waals surface area contributed by atoms with E-state index in [1.165, 1.54) is 0 Å². The van der Waals surface area contributed by atoms with Crippen molar-refractivity contribution in [2.75, 3.05) is 0 Å². The van der Waals surface area contributed by atoms with Gasteiger partial charge in [0.25, 0.3) is 0 Å². The molecule has 1 saturated carbocycles. The maximum Gasteiger partial charge on any atom is 0.312 e. The molecule has 1 aromatic heterocycles. The Labute approximate surface area is 95.7 Å². The highest BCUT2D eigenvalue weighted by Crippen LogP contribution is 2.43. The third kappa shape index (κ3) is 1.89. The fourth-order valence-corrected chi connectivity index (χ4v) is 2.28. The molecule has 0 amide bonds. The molecule has 1 fully saturated rings. The lowest BCUT2D eigenvalue weighted by Crippen LogP contribution is -2.16. The summed E-state index contributed by atoms with van der Waals surface area (Å²) in [5, 5.41) is 9.12. The van der Waals surface area contributed by atoms with Crippen molar-refractivity contribution in [1.29, 1.82) is 0 Å². The summed E-state index contributed by atoms with van der Waals surface area (Å²) in [7, 11) is 0. The van der Waals surface area contributed by atoms with Crippen LogP contribution in [0.25, 0.3) is 0 Å². The summed E-state index contributed by atoms with van der Waals surface area (Å²) in [6, 6.07) is 3.73. The Morgan fingerprint density at radius 2 is 2.36 bits per heavy atom. The fourth-order valence-electron chi connectivity index (χ4n) is 1.60. The Kier molecular flexibility index (Phi) is 2.71. The van der Waals surface area contributed by atoms with E-state index in [9.17, 15) is 4.79 Å². The van der Waals surface area contributed by atoms with Crippen LogP contribution in [0.3, 0.4) is 0 Å². The molecule has 0 aliphatic heterocycles. The summed E-state index contributed by atoms with van der Waals surface area (Å²) >= 11 is 2.14. The van der Waals surface area contributed by atoms with E-state index in [1.54, 1.807) is 6.20 Å². The van der Waals surface area contributed by atoms with E-state index in [1.807, 2.05) is 12.1 Å². The highest BCUT2D eigenvalue weighted by Gasteiger charge is 2.39. The smallest absolute Gasteiger partial charge is 0.312 e. The first-order valence-corrected chi connectivity index (χ1v) is 5.61. The Morgan fingerprint density at radius 3 is 2.86 bits per heavy atom. The van der Waals surface area contributed by atoms with Gasteiger partial charge >= 0.3 is 5.97 Å². The van der Waals surface area contributed by atoms with Gasteiger partial charge in [0.1, 0.15) is 5.92 Å². The Hall–Kier alpha value is -0.650. The number of nitrogens with zero attached hydrogens (tertiary/aromatic N) is 1. The molecule has 0 aromatic carbocycles. The summed E-state index contributed by atoms with van der Waals surface area (Å²) < 4.78 is 0.949. The van der Waals surface area contributed by atoms with Gasteiger partial charge in [-0.15, -0.1) is 0 Å². The van der Waals surface area contributed by atoms with Crippen LogP contribution in [0.4, 0.5) is 0 Å². The van der Waals surface area contributed by atoms with Gasteiger partial charge in [-0.1, -0.05) is 0 Å². The van der Waals surface area contributed by atoms with Crippen LogP contribution >= 0.6 is 22.6 Å². The van der Waals surface area contributed by atoms with Gasteiger partial charge in [0.05, 0.1) is 5.69 Å². The summed E-state index contributed by atoms with van der Waals surface area (Å²) in [5.41, 5.74) is 0.725. The fraction of sp³-hybridized carbons (Fsp3) is 0.400. The molecule has 0 spiro atoms. The maximum absolute atomic E-state index is 11.1. The third-order valence-corrected chi connectivity index (χ3v) is 3.35. The molecule has 14 heavy (non-hydrogen) atoms. The monoisotopic (exact) mass is 303 g/mol. The highest BCUT2D eigenvalue weighted by molar-refractivity contribution is 14.1. The number of carboxylic acids is 1. The standard InChI is InChI=1S/C10H10INO2/c11-7-2-1-5-12-9(7)8(10(13)14)6-3-4-6/h1-2,5-6,8H,3-4H2,(H,13,14). The molecule has 1 atom stereocenters. The number of hydrogen-bond acceptors (Lipinski definition) is 2. The number of carboxylic acid groups (broad SMARTS) is 1. The molecular weight excluding hydrogens is 293 g/mol. The zero-order valence-corrected chi connectivity index (χ0v) is 9.64. The molecule has 0 bridgehead atoms. The molecule has 1 heterocycles. The normalized spacial score (nSPS) is 17.8. The van der Waals surface area contributed by atoms with Crippen LogP contribution in [0, 0.1) is 9.49 Å². The Bertz CT molecular complexity index is 363. The van der Waals surface area contributed by atoms with E-state index in [4.69, 9.17) is 5.11 Å². The zero-order valence-electron chi connectivity index (χ0n) is 7.48. The van der Waals surface area contributed by atoms with Crippen molar-refractivity contribution in [3.8, 4) is 0 Å². The molecule has 1 unspecified atom stereocenters. The number of rotatable bonds is 3. The molecule has 0 saturated heterocycles. The van der Waals surface area contributed by atoms with E-state index < -0.39 is 11.9 Å². The van der Waals surface area contributed by atoms with Crippen LogP contribution in [-0.4, -0.2) is 16.1 Å². The lowest BCUT2D eigenvalue weighted by Gasteiger charge is -2.11. The second-order valence-electron chi connectivity index (χ2n) is 3.52. The number of hydrogen-bond donors (Lipinski definition) is 1. The molecule has 1 N–H and O–H groups in total. The minimum Gasteiger partial charge on any atom is -0.481 e. The van der Waals surface area contributed by atoms with Gasteiger partial charge < -0.3 is 5.11 Å². The van der Waals surface area contributed by atoms with Crippen molar-refractivity contribution in [3.63, 3.8) is 0 Å². The van der Waals surface area contributed by atoms with Gasteiger partial charge in [0.2, 0.25) is 0 Å². The third-order valence-electron chi connectivity index (χ3n) is 2.44. The predicted octanol–water partition coefficient (Wildman–Crippen LogP) is 2.26. The lowest BCUT2D eigenvalue weighted by atomic mass is 9.99. The van der Waals surface area contributed by atoms with Crippen molar-refractivity contribution >= 4 is 28.6 Å². The first kappa shape index (κ1) is 9.89. The highest BCUT2D eigenvalue weighted by atomic mass is 127. The Balaban J connectivity index is 2.35. The van der Waals surface area contributed by atoms with E-state index in [2.05, 4.69) is 27.6 Å². The number of carbonyl (C=O) groups is 1. The Morgan fingerprint density at radius 1 is 1.64 bits per heavy atom. The van der Waals surface area contributed by atoms with Gasteiger partial charge in [-0.2, -0.15) is 0 Å². The summed E-state index contributed by atoms with van der Waals surface area (Å²) in [6.07, 6.45) is 3.70. The predicted molar refractivity (Wildman–Crippen MR) is 60.1 cm³/mol. The summed E-state index contributed by atoms with van der Waals surface area (Å²) in [4.78, 5) is 15.3. The van der Waals surface area contributed by atoms with Gasteiger partial charge in [-0.25, -0.2) is 0 Å². The van der Waals surface area contributed by atoms with Gasteiger partial charge in [-0.05, 0) is 53.5 Å². The first-order chi connectivity index (χ1) is 6.70. The summed E-state index contributed by atoms with van der Waals surface area (Å²) in [5.74, 6) is -0.844. The van der Waals surface area contributed by atoms with E-state index in [-0.39, 0.29) is 0 Å². The topological polar surface area (TPSA) is 50.2 Å². The van der Waals surface area contributed by atoms with Crippen LogP contribution in [-0.2, 0) is 4.79 Å².